The third-order valence-electron chi connectivity index (χ3n) is 3.19. The number of thiophene rings is 1. The Morgan fingerprint density at radius 2 is 2.18 bits per heavy atom. The molecule has 1 aliphatic heterocycles. The summed E-state index contributed by atoms with van der Waals surface area (Å²) >= 11 is 4.97. The topological polar surface area (TPSA) is 47.9 Å². The molecule has 2 heterocycles. The molecule has 0 amide bonds. The molecule has 6 heteroatoms. The molecule has 0 saturated carbocycles. The van der Waals surface area contributed by atoms with E-state index in [1.807, 2.05) is 24.4 Å². The van der Waals surface area contributed by atoms with E-state index in [1.165, 1.54) is 0 Å². The highest BCUT2D eigenvalue weighted by Gasteiger charge is 2.25. The third-order valence-corrected chi connectivity index (χ3v) is 4.77. The van der Waals surface area contributed by atoms with Crippen LogP contribution < -0.4 is 4.74 Å². The predicted octanol–water partition coefficient (Wildman–Crippen LogP) is 4.17. The van der Waals surface area contributed by atoms with E-state index in [9.17, 15) is 4.79 Å². The number of nitrogens with zero attached hydrogens (tertiary/aromatic N) is 1. The number of cyclic esters (lactones) is 1. The minimum Gasteiger partial charge on any atom is -0.496 e. The molecule has 0 atom stereocenters. The van der Waals surface area contributed by atoms with Crippen molar-refractivity contribution in [1.82, 2.24) is 0 Å². The molecule has 22 heavy (non-hydrogen) atoms. The van der Waals surface area contributed by atoms with Crippen molar-refractivity contribution >= 4 is 45.2 Å². The lowest BCUT2D eigenvalue weighted by Gasteiger charge is -2.05. The normalized spacial score (nSPS) is 15.9. The van der Waals surface area contributed by atoms with Crippen molar-refractivity contribution in [3.05, 3.63) is 55.8 Å². The van der Waals surface area contributed by atoms with Crippen LogP contribution in [0.2, 0.25) is 0 Å². The number of rotatable bonds is 3. The van der Waals surface area contributed by atoms with E-state index in [2.05, 4.69) is 20.9 Å². The standard InChI is InChI=1S/C16H12BrNO3S/c1-9-5-6-22-14(9)8-12-16(19)21-15(18-12)10-3-4-13(20-2)11(17)7-10/h3-8H,1-2H3/b12-8-. The van der Waals surface area contributed by atoms with E-state index in [0.717, 1.165) is 14.9 Å². The van der Waals surface area contributed by atoms with E-state index >= 15 is 0 Å². The number of esters is 1. The molecule has 112 valence electrons. The molecule has 3 rings (SSSR count). The number of benzene rings is 1. The highest BCUT2D eigenvalue weighted by molar-refractivity contribution is 9.10. The SMILES string of the molecule is COc1ccc(C2=N/C(=C\c3sccc3C)C(=O)O2)cc1Br. The van der Waals surface area contributed by atoms with Gasteiger partial charge in [0.25, 0.3) is 0 Å². The van der Waals surface area contributed by atoms with Crippen LogP contribution in [0.5, 0.6) is 5.75 Å². The summed E-state index contributed by atoms with van der Waals surface area (Å²) in [4.78, 5) is 17.3. The van der Waals surface area contributed by atoms with Gasteiger partial charge < -0.3 is 9.47 Å². The number of carbonyl (C=O) groups is 1. The summed E-state index contributed by atoms with van der Waals surface area (Å²) in [5, 5.41) is 1.98. The maximum absolute atomic E-state index is 12.0. The fraction of sp³-hybridized carbons (Fsp3) is 0.125. The van der Waals surface area contributed by atoms with Gasteiger partial charge >= 0.3 is 5.97 Å². The number of hydrogen-bond acceptors (Lipinski definition) is 5. The maximum Gasteiger partial charge on any atom is 0.363 e. The fourth-order valence-electron chi connectivity index (χ4n) is 1.99. The van der Waals surface area contributed by atoms with E-state index in [-0.39, 0.29) is 0 Å². The van der Waals surface area contributed by atoms with Gasteiger partial charge in [0.1, 0.15) is 5.75 Å². The van der Waals surface area contributed by atoms with Gasteiger partial charge in [0.05, 0.1) is 11.6 Å². The van der Waals surface area contributed by atoms with Crippen LogP contribution in [0.15, 0.2) is 44.8 Å². The molecule has 1 aromatic carbocycles. The first-order chi connectivity index (χ1) is 10.6. The van der Waals surface area contributed by atoms with Gasteiger partial charge in [-0.2, -0.15) is 0 Å². The van der Waals surface area contributed by atoms with Gasteiger partial charge in [-0.3, -0.25) is 0 Å². The monoisotopic (exact) mass is 377 g/mol. The zero-order valence-electron chi connectivity index (χ0n) is 11.9. The molecule has 0 fully saturated rings. The van der Waals surface area contributed by atoms with Crippen molar-refractivity contribution in [3.8, 4) is 5.75 Å². The molecule has 0 bridgehead atoms. The Labute approximate surface area is 140 Å². The lowest BCUT2D eigenvalue weighted by Crippen LogP contribution is -2.05. The average Bonchev–Trinajstić information content (AvgIpc) is 3.06. The molecular weight excluding hydrogens is 366 g/mol. The smallest absolute Gasteiger partial charge is 0.363 e. The minimum atomic E-state index is -0.435. The Balaban J connectivity index is 1.95. The minimum absolute atomic E-state index is 0.300. The molecule has 1 aliphatic rings. The highest BCUT2D eigenvalue weighted by atomic mass is 79.9. The summed E-state index contributed by atoms with van der Waals surface area (Å²) in [6.07, 6.45) is 1.76. The van der Waals surface area contributed by atoms with Gasteiger partial charge in [0.15, 0.2) is 5.70 Å². The Morgan fingerprint density at radius 1 is 1.36 bits per heavy atom. The summed E-state index contributed by atoms with van der Waals surface area (Å²) in [5.74, 6) is 0.571. The van der Waals surface area contributed by atoms with Crippen molar-refractivity contribution in [2.45, 2.75) is 6.92 Å². The molecule has 0 spiro atoms. The second-order valence-electron chi connectivity index (χ2n) is 4.65. The zero-order chi connectivity index (χ0) is 15.7. The van der Waals surface area contributed by atoms with E-state index in [0.29, 0.717) is 22.9 Å². The maximum atomic E-state index is 12.0. The molecule has 0 unspecified atom stereocenters. The summed E-state index contributed by atoms with van der Waals surface area (Å²) in [5.41, 5.74) is 2.14. The number of carbonyl (C=O) groups excluding carboxylic acids is 1. The van der Waals surface area contributed by atoms with E-state index in [4.69, 9.17) is 9.47 Å². The highest BCUT2D eigenvalue weighted by Crippen LogP contribution is 2.28. The lowest BCUT2D eigenvalue weighted by molar-refractivity contribution is -0.129. The second kappa shape index (κ2) is 6.06. The van der Waals surface area contributed by atoms with Crippen LogP contribution in [-0.2, 0) is 9.53 Å². The Hall–Kier alpha value is -1.92. The van der Waals surface area contributed by atoms with E-state index < -0.39 is 5.97 Å². The van der Waals surface area contributed by atoms with Gasteiger partial charge in [-0.1, -0.05) is 0 Å². The molecule has 1 aromatic heterocycles. The van der Waals surface area contributed by atoms with Crippen LogP contribution in [0.1, 0.15) is 16.0 Å². The van der Waals surface area contributed by atoms with Crippen LogP contribution in [0, 0.1) is 6.92 Å². The molecule has 4 nitrogen and oxygen atoms in total. The van der Waals surface area contributed by atoms with Crippen LogP contribution >= 0.6 is 27.3 Å². The molecular formula is C16H12BrNO3S. The number of aliphatic imine (C=N–C) groups is 1. The van der Waals surface area contributed by atoms with Gasteiger partial charge in [-0.05, 0) is 64.1 Å². The van der Waals surface area contributed by atoms with Crippen molar-refractivity contribution in [1.29, 1.82) is 0 Å². The predicted molar refractivity (Wildman–Crippen MR) is 90.4 cm³/mol. The molecule has 2 aromatic rings. The molecule has 0 saturated heterocycles. The quantitative estimate of drug-likeness (QED) is 0.595. The first-order valence-electron chi connectivity index (χ1n) is 6.49. The molecule has 0 radical (unpaired) electrons. The van der Waals surface area contributed by atoms with Gasteiger partial charge in [0.2, 0.25) is 5.90 Å². The number of hydrogen-bond donors (Lipinski definition) is 0. The van der Waals surface area contributed by atoms with Crippen LogP contribution in [-0.4, -0.2) is 19.0 Å². The molecule has 0 aliphatic carbocycles. The summed E-state index contributed by atoms with van der Waals surface area (Å²) < 4.78 is 11.2. The number of halogens is 1. The third kappa shape index (κ3) is 2.84. The summed E-state index contributed by atoms with van der Waals surface area (Å²) in [6.45, 7) is 1.99. The van der Waals surface area contributed by atoms with Crippen LogP contribution in [0.3, 0.4) is 0 Å². The fourth-order valence-corrected chi connectivity index (χ4v) is 3.38. The Morgan fingerprint density at radius 3 is 2.82 bits per heavy atom. The van der Waals surface area contributed by atoms with Crippen molar-refractivity contribution < 1.29 is 14.3 Å². The first-order valence-corrected chi connectivity index (χ1v) is 8.16. The lowest BCUT2D eigenvalue weighted by atomic mass is 10.2. The summed E-state index contributed by atoms with van der Waals surface area (Å²) in [6, 6.07) is 7.41. The first kappa shape index (κ1) is 15.0. The average molecular weight is 378 g/mol. The number of ether oxygens (including phenoxy) is 2. The Bertz CT molecular complexity index is 807. The van der Waals surface area contributed by atoms with Crippen LogP contribution in [0.25, 0.3) is 6.08 Å². The van der Waals surface area contributed by atoms with Gasteiger partial charge in [-0.25, -0.2) is 9.79 Å². The van der Waals surface area contributed by atoms with Crippen LogP contribution in [0.4, 0.5) is 0 Å². The van der Waals surface area contributed by atoms with Crippen molar-refractivity contribution in [2.75, 3.05) is 7.11 Å². The molecule has 0 N–H and O–H groups in total. The van der Waals surface area contributed by atoms with Crippen molar-refractivity contribution in [2.24, 2.45) is 4.99 Å². The van der Waals surface area contributed by atoms with Gasteiger partial charge in [-0.15, -0.1) is 11.3 Å². The number of methoxy groups -OCH3 is 1. The largest absolute Gasteiger partial charge is 0.496 e. The van der Waals surface area contributed by atoms with Gasteiger partial charge in [0, 0.05) is 10.4 Å². The summed E-state index contributed by atoms with van der Waals surface area (Å²) in [7, 11) is 1.59. The Kier molecular flexibility index (Phi) is 4.13. The number of aryl methyl sites for hydroxylation is 1. The zero-order valence-corrected chi connectivity index (χ0v) is 14.3. The second-order valence-corrected chi connectivity index (χ2v) is 6.46. The van der Waals surface area contributed by atoms with E-state index in [1.54, 1.807) is 36.7 Å². The van der Waals surface area contributed by atoms with Crippen molar-refractivity contribution in [3.63, 3.8) is 0 Å².